The Kier molecular flexibility index (Phi) is 3.45. The summed E-state index contributed by atoms with van der Waals surface area (Å²) < 4.78 is 13.4. The number of benzene rings is 1. The fraction of sp³-hybridized carbons (Fsp3) is 0.538. The third-order valence-corrected chi connectivity index (χ3v) is 4.40. The first-order valence-corrected chi connectivity index (χ1v) is 6.50. The summed E-state index contributed by atoms with van der Waals surface area (Å²) in [6.45, 7) is 1.81. The fourth-order valence-electron chi connectivity index (χ4n) is 2.30. The summed E-state index contributed by atoms with van der Waals surface area (Å²) in [5, 5.41) is 0. The summed E-state index contributed by atoms with van der Waals surface area (Å²) in [4.78, 5) is 0.522. The first-order chi connectivity index (χ1) is 7.18. The molecule has 0 spiro atoms. The highest BCUT2D eigenvalue weighted by atomic mass is 79.9. The molecule has 0 nitrogen and oxygen atoms in total. The highest BCUT2D eigenvalue weighted by Crippen LogP contribution is 2.37. The summed E-state index contributed by atoms with van der Waals surface area (Å²) in [7, 11) is 0. The minimum absolute atomic E-state index is 0.0715. The van der Waals surface area contributed by atoms with Crippen LogP contribution in [-0.4, -0.2) is 4.83 Å². The van der Waals surface area contributed by atoms with Crippen LogP contribution in [0.15, 0.2) is 18.2 Å². The second kappa shape index (κ2) is 4.65. The van der Waals surface area contributed by atoms with E-state index in [4.69, 9.17) is 0 Å². The van der Waals surface area contributed by atoms with E-state index in [1.54, 1.807) is 6.07 Å². The van der Waals surface area contributed by atoms with Crippen LogP contribution in [0.3, 0.4) is 0 Å². The molecule has 2 unspecified atom stereocenters. The Bertz CT molecular complexity index is 348. The Morgan fingerprint density at radius 1 is 1.27 bits per heavy atom. The van der Waals surface area contributed by atoms with E-state index in [0.29, 0.717) is 10.7 Å². The average Bonchev–Trinajstić information content (AvgIpc) is 2.23. The molecule has 0 heterocycles. The van der Waals surface area contributed by atoms with Crippen molar-refractivity contribution in [3.63, 3.8) is 0 Å². The summed E-state index contributed by atoms with van der Waals surface area (Å²) in [6, 6.07) is 5.67. The van der Waals surface area contributed by atoms with Crippen LogP contribution in [0.1, 0.15) is 42.7 Å². The number of alkyl halides is 1. The van der Waals surface area contributed by atoms with Crippen LogP contribution in [0.4, 0.5) is 4.39 Å². The van der Waals surface area contributed by atoms with Crippen molar-refractivity contribution in [2.45, 2.75) is 43.4 Å². The van der Waals surface area contributed by atoms with Crippen molar-refractivity contribution >= 4 is 15.9 Å². The van der Waals surface area contributed by atoms with Crippen molar-refractivity contribution in [3.8, 4) is 0 Å². The lowest BCUT2D eigenvalue weighted by Gasteiger charge is -2.27. The van der Waals surface area contributed by atoms with Crippen molar-refractivity contribution in [2.75, 3.05) is 0 Å². The molecule has 0 N–H and O–H groups in total. The largest absolute Gasteiger partial charge is 0.207 e. The molecule has 2 heteroatoms. The predicted octanol–water partition coefficient (Wildman–Crippen LogP) is 4.56. The third kappa shape index (κ3) is 2.41. The van der Waals surface area contributed by atoms with Gasteiger partial charge in [0.25, 0.3) is 0 Å². The van der Waals surface area contributed by atoms with Gasteiger partial charge in [0, 0.05) is 4.83 Å². The summed E-state index contributed by atoms with van der Waals surface area (Å²) in [5.41, 5.74) is 1.89. The van der Waals surface area contributed by atoms with Crippen LogP contribution in [0.25, 0.3) is 0 Å². The molecular formula is C13H16BrF. The molecule has 0 aliphatic heterocycles. The van der Waals surface area contributed by atoms with E-state index in [1.807, 2.05) is 13.0 Å². The van der Waals surface area contributed by atoms with E-state index in [0.717, 1.165) is 11.1 Å². The molecule has 82 valence electrons. The lowest BCUT2D eigenvalue weighted by molar-refractivity contribution is 0.459. The topological polar surface area (TPSA) is 0 Å². The van der Waals surface area contributed by atoms with Crippen molar-refractivity contribution in [2.24, 2.45) is 0 Å². The highest BCUT2D eigenvalue weighted by molar-refractivity contribution is 9.09. The summed E-state index contributed by atoms with van der Waals surface area (Å²) in [5.74, 6) is 0.423. The highest BCUT2D eigenvalue weighted by Gasteiger charge is 2.24. The van der Waals surface area contributed by atoms with Gasteiger partial charge in [0.2, 0.25) is 0 Å². The lowest BCUT2D eigenvalue weighted by Crippen LogP contribution is -2.17. The monoisotopic (exact) mass is 270 g/mol. The van der Waals surface area contributed by atoms with Gasteiger partial charge in [-0.25, -0.2) is 4.39 Å². The Labute approximate surface area is 99.0 Å². The number of halogens is 2. The number of rotatable bonds is 1. The quantitative estimate of drug-likeness (QED) is 0.657. The molecule has 0 saturated heterocycles. The van der Waals surface area contributed by atoms with Gasteiger partial charge >= 0.3 is 0 Å². The van der Waals surface area contributed by atoms with Gasteiger partial charge < -0.3 is 0 Å². The van der Waals surface area contributed by atoms with E-state index in [1.165, 1.54) is 25.7 Å². The van der Waals surface area contributed by atoms with Crippen LogP contribution in [0, 0.1) is 12.7 Å². The van der Waals surface area contributed by atoms with Crippen LogP contribution in [0.5, 0.6) is 0 Å². The van der Waals surface area contributed by atoms with Crippen LogP contribution in [-0.2, 0) is 0 Å². The number of aryl methyl sites for hydroxylation is 1. The van der Waals surface area contributed by atoms with Gasteiger partial charge in [-0.2, -0.15) is 0 Å². The van der Waals surface area contributed by atoms with E-state index in [2.05, 4.69) is 22.0 Å². The Morgan fingerprint density at radius 3 is 2.67 bits per heavy atom. The van der Waals surface area contributed by atoms with Gasteiger partial charge in [0.1, 0.15) is 5.82 Å². The van der Waals surface area contributed by atoms with Crippen molar-refractivity contribution in [3.05, 3.63) is 35.1 Å². The molecule has 0 aromatic heterocycles. The maximum atomic E-state index is 13.4. The van der Waals surface area contributed by atoms with Crippen LogP contribution < -0.4 is 0 Å². The van der Waals surface area contributed by atoms with Crippen molar-refractivity contribution in [1.82, 2.24) is 0 Å². The molecule has 15 heavy (non-hydrogen) atoms. The normalized spacial score (nSPS) is 26.6. The van der Waals surface area contributed by atoms with Crippen molar-refractivity contribution in [1.29, 1.82) is 0 Å². The summed E-state index contributed by atoms with van der Waals surface area (Å²) in [6.07, 6.45) is 4.95. The van der Waals surface area contributed by atoms with E-state index in [9.17, 15) is 4.39 Å². The Hall–Kier alpha value is -0.370. The second-order valence-electron chi connectivity index (χ2n) is 4.42. The maximum absolute atomic E-state index is 13.4. The molecule has 1 fully saturated rings. The summed E-state index contributed by atoms with van der Waals surface area (Å²) >= 11 is 3.71. The average molecular weight is 271 g/mol. The van der Waals surface area contributed by atoms with Gasteiger partial charge in [-0.05, 0) is 42.9 Å². The lowest BCUT2D eigenvalue weighted by atomic mass is 9.84. The first-order valence-electron chi connectivity index (χ1n) is 5.58. The molecular weight excluding hydrogens is 255 g/mol. The number of hydrogen-bond donors (Lipinski definition) is 0. The maximum Gasteiger partial charge on any atom is 0.126 e. The zero-order valence-corrected chi connectivity index (χ0v) is 10.6. The van der Waals surface area contributed by atoms with Crippen LogP contribution >= 0.6 is 15.9 Å². The minimum atomic E-state index is -0.0715. The van der Waals surface area contributed by atoms with Crippen LogP contribution in [0.2, 0.25) is 0 Å². The number of hydrogen-bond acceptors (Lipinski definition) is 0. The molecule has 0 radical (unpaired) electrons. The van der Waals surface area contributed by atoms with Gasteiger partial charge in [-0.15, -0.1) is 0 Å². The second-order valence-corrected chi connectivity index (χ2v) is 5.59. The van der Waals surface area contributed by atoms with E-state index >= 15 is 0 Å². The third-order valence-electron chi connectivity index (χ3n) is 3.31. The van der Waals surface area contributed by atoms with Gasteiger partial charge in [0.15, 0.2) is 0 Å². The fourth-order valence-corrected chi connectivity index (χ4v) is 3.19. The smallest absolute Gasteiger partial charge is 0.126 e. The van der Waals surface area contributed by atoms with E-state index < -0.39 is 0 Å². The standard InChI is InChI=1S/C13H16BrF/c1-9-6-7-10(8-13(9)15)11-4-2-3-5-12(11)14/h6-8,11-12H,2-5H2,1H3. The molecule has 1 saturated carbocycles. The zero-order valence-electron chi connectivity index (χ0n) is 8.97. The SMILES string of the molecule is Cc1ccc(C2CCCCC2Br)cc1F. The molecule has 1 aliphatic rings. The molecule has 2 atom stereocenters. The Balaban J connectivity index is 2.24. The molecule has 1 aromatic carbocycles. The minimum Gasteiger partial charge on any atom is -0.207 e. The predicted molar refractivity (Wildman–Crippen MR) is 65.1 cm³/mol. The molecule has 1 aliphatic carbocycles. The van der Waals surface area contributed by atoms with Gasteiger partial charge in [-0.3, -0.25) is 0 Å². The van der Waals surface area contributed by atoms with Crippen molar-refractivity contribution < 1.29 is 4.39 Å². The van der Waals surface area contributed by atoms with Gasteiger partial charge in [0.05, 0.1) is 0 Å². The first kappa shape index (κ1) is 11.1. The Morgan fingerprint density at radius 2 is 2.00 bits per heavy atom. The molecule has 2 rings (SSSR count). The van der Waals surface area contributed by atoms with Gasteiger partial charge in [-0.1, -0.05) is 40.9 Å². The zero-order chi connectivity index (χ0) is 10.8. The van der Waals surface area contributed by atoms with E-state index in [-0.39, 0.29) is 5.82 Å². The molecule has 0 amide bonds. The molecule has 0 bridgehead atoms. The molecule has 1 aromatic rings.